The van der Waals surface area contributed by atoms with Crippen molar-refractivity contribution < 1.29 is 4.79 Å². The van der Waals surface area contributed by atoms with Crippen molar-refractivity contribution in [2.75, 3.05) is 0 Å². The second-order valence-corrected chi connectivity index (χ2v) is 4.03. The topological polar surface area (TPSA) is 30.0 Å². The molecule has 0 amide bonds. The Hall–Kier alpha value is -1.38. The summed E-state index contributed by atoms with van der Waals surface area (Å²) in [5.74, 6) is -0.0965. The first-order chi connectivity index (χ1) is 7.66. The smallest absolute Gasteiger partial charge is 0.194 e. The van der Waals surface area contributed by atoms with Crippen molar-refractivity contribution in [2.45, 2.75) is 0 Å². The van der Waals surface area contributed by atoms with Crippen LogP contribution in [0.15, 0.2) is 42.6 Å². The number of aromatic nitrogens is 1. The summed E-state index contributed by atoms with van der Waals surface area (Å²) >= 11 is 11.4. The van der Waals surface area contributed by atoms with Crippen molar-refractivity contribution in [3.05, 3.63) is 63.9 Å². The monoisotopic (exact) mass is 251 g/mol. The van der Waals surface area contributed by atoms with Gasteiger partial charge in [-0.1, -0.05) is 23.2 Å². The number of hydrogen-bond donors (Lipinski definition) is 0. The van der Waals surface area contributed by atoms with Crippen LogP contribution in [0.4, 0.5) is 0 Å². The Kier molecular flexibility index (Phi) is 3.22. The molecule has 0 atom stereocenters. The predicted octanol–water partition coefficient (Wildman–Crippen LogP) is 3.62. The van der Waals surface area contributed by atoms with Crippen molar-refractivity contribution >= 4 is 29.0 Å². The Balaban J connectivity index is 2.32. The molecule has 1 heterocycles. The van der Waals surface area contributed by atoms with Gasteiger partial charge >= 0.3 is 0 Å². The maximum atomic E-state index is 11.9. The van der Waals surface area contributed by atoms with Gasteiger partial charge in [0.25, 0.3) is 0 Å². The first-order valence-corrected chi connectivity index (χ1v) is 5.34. The van der Waals surface area contributed by atoms with E-state index in [9.17, 15) is 4.79 Å². The minimum absolute atomic E-state index is 0.0965. The highest BCUT2D eigenvalue weighted by Gasteiger charge is 2.08. The standard InChI is InChI=1S/C12H7Cl2NO/c13-10-4-1-8(2-5-10)12(16)9-3-6-11(14)15-7-9/h1-7H. The summed E-state index contributed by atoms with van der Waals surface area (Å²) in [6.07, 6.45) is 1.46. The third-order valence-electron chi connectivity index (χ3n) is 2.10. The Morgan fingerprint density at radius 3 is 2.12 bits per heavy atom. The van der Waals surface area contributed by atoms with Gasteiger partial charge in [-0.25, -0.2) is 4.98 Å². The van der Waals surface area contributed by atoms with Crippen LogP contribution in [-0.2, 0) is 0 Å². The molecule has 2 aromatic rings. The molecule has 4 heteroatoms. The van der Waals surface area contributed by atoms with Gasteiger partial charge in [-0.05, 0) is 36.4 Å². The van der Waals surface area contributed by atoms with Crippen molar-refractivity contribution in [3.8, 4) is 0 Å². The highest BCUT2D eigenvalue weighted by Crippen LogP contribution is 2.14. The van der Waals surface area contributed by atoms with Crippen LogP contribution in [0.25, 0.3) is 0 Å². The van der Waals surface area contributed by atoms with E-state index in [1.54, 1.807) is 36.4 Å². The molecule has 0 aliphatic carbocycles. The fourth-order valence-electron chi connectivity index (χ4n) is 1.28. The van der Waals surface area contributed by atoms with Gasteiger partial charge in [-0.3, -0.25) is 4.79 Å². The van der Waals surface area contributed by atoms with Crippen molar-refractivity contribution in [3.63, 3.8) is 0 Å². The number of hydrogen-bond acceptors (Lipinski definition) is 2. The summed E-state index contributed by atoms with van der Waals surface area (Å²) in [6, 6.07) is 9.95. The van der Waals surface area contributed by atoms with Crippen LogP contribution in [-0.4, -0.2) is 10.8 Å². The molecule has 0 saturated carbocycles. The average Bonchev–Trinajstić information content (AvgIpc) is 2.30. The normalized spacial score (nSPS) is 10.1. The van der Waals surface area contributed by atoms with Gasteiger partial charge < -0.3 is 0 Å². The molecular formula is C12H7Cl2NO. The number of carbonyl (C=O) groups is 1. The Morgan fingerprint density at radius 1 is 0.938 bits per heavy atom. The molecular weight excluding hydrogens is 245 g/mol. The summed E-state index contributed by atoms with van der Waals surface area (Å²) in [6.45, 7) is 0. The number of ketones is 1. The van der Waals surface area contributed by atoms with E-state index in [2.05, 4.69) is 4.98 Å². The van der Waals surface area contributed by atoms with Gasteiger partial charge in [0.15, 0.2) is 5.78 Å². The molecule has 1 aromatic carbocycles. The molecule has 0 radical (unpaired) electrons. The number of halogens is 2. The molecule has 0 fully saturated rings. The third kappa shape index (κ3) is 2.40. The van der Waals surface area contributed by atoms with E-state index in [4.69, 9.17) is 23.2 Å². The van der Waals surface area contributed by atoms with Gasteiger partial charge in [-0.15, -0.1) is 0 Å². The highest BCUT2D eigenvalue weighted by atomic mass is 35.5. The maximum absolute atomic E-state index is 11.9. The summed E-state index contributed by atoms with van der Waals surface area (Å²) in [4.78, 5) is 15.8. The van der Waals surface area contributed by atoms with Crippen LogP contribution >= 0.6 is 23.2 Å². The number of carbonyl (C=O) groups excluding carboxylic acids is 1. The van der Waals surface area contributed by atoms with Crippen LogP contribution in [0.1, 0.15) is 15.9 Å². The molecule has 0 saturated heterocycles. The molecule has 1 aromatic heterocycles. The Morgan fingerprint density at radius 2 is 1.56 bits per heavy atom. The second-order valence-electron chi connectivity index (χ2n) is 3.21. The Labute approximate surface area is 103 Å². The molecule has 0 unspecified atom stereocenters. The quantitative estimate of drug-likeness (QED) is 0.603. The first-order valence-electron chi connectivity index (χ1n) is 4.58. The lowest BCUT2D eigenvalue weighted by molar-refractivity contribution is 0.103. The molecule has 0 aliphatic rings. The summed E-state index contributed by atoms with van der Waals surface area (Å²) in [5.41, 5.74) is 1.08. The molecule has 0 aliphatic heterocycles. The lowest BCUT2D eigenvalue weighted by Gasteiger charge is -2.00. The zero-order chi connectivity index (χ0) is 11.5. The van der Waals surface area contributed by atoms with E-state index in [1.807, 2.05) is 0 Å². The van der Waals surface area contributed by atoms with E-state index in [0.717, 1.165) is 0 Å². The summed E-state index contributed by atoms with van der Waals surface area (Å²) in [7, 11) is 0. The molecule has 2 rings (SSSR count). The number of rotatable bonds is 2. The number of nitrogens with zero attached hydrogens (tertiary/aromatic N) is 1. The maximum Gasteiger partial charge on any atom is 0.194 e. The highest BCUT2D eigenvalue weighted by molar-refractivity contribution is 6.30. The zero-order valence-electron chi connectivity index (χ0n) is 8.15. The van der Waals surface area contributed by atoms with Crippen LogP contribution in [0.3, 0.4) is 0 Å². The zero-order valence-corrected chi connectivity index (χ0v) is 9.66. The van der Waals surface area contributed by atoms with Crippen LogP contribution in [0.2, 0.25) is 10.2 Å². The van der Waals surface area contributed by atoms with Crippen molar-refractivity contribution in [1.29, 1.82) is 0 Å². The summed E-state index contributed by atoms with van der Waals surface area (Å²) in [5, 5.41) is 0.971. The third-order valence-corrected chi connectivity index (χ3v) is 2.57. The largest absolute Gasteiger partial charge is 0.289 e. The molecule has 0 N–H and O–H groups in total. The lowest BCUT2D eigenvalue weighted by Crippen LogP contribution is -2.01. The fraction of sp³-hybridized carbons (Fsp3) is 0. The van der Waals surface area contributed by atoms with Gasteiger partial charge in [-0.2, -0.15) is 0 Å². The minimum atomic E-state index is -0.0965. The number of pyridine rings is 1. The van der Waals surface area contributed by atoms with Gasteiger partial charge in [0.05, 0.1) is 0 Å². The van der Waals surface area contributed by atoms with Crippen molar-refractivity contribution in [2.24, 2.45) is 0 Å². The number of benzene rings is 1. The molecule has 80 valence electrons. The predicted molar refractivity (Wildman–Crippen MR) is 64.1 cm³/mol. The summed E-state index contributed by atoms with van der Waals surface area (Å²) < 4.78 is 0. The molecule has 0 bridgehead atoms. The molecule has 16 heavy (non-hydrogen) atoms. The van der Waals surface area contributed by atoms with E-state index in [-0.39, 0.29) is 5.78 Å². The van der Waals surface area contributed by atoms with E-state index in [0.29, 0.717) is 21.3 Å². The molecule has 0 spiro atoms. The van der Waals surface area contributed by atoms with Gasteiger partial charge in [0, 0.05) is 22.3 Å². The van der Waals surface area contributed by atoms with Crippen LogP contribution in [0, 0.1) is 0 Å². The minimum Gasteiger partial charge on any atom is -0.289 e. The Bertz CT molecular complexity index is 458. The van der Waals surface area contributed by atoms with E-state index < -0.39 is 0 Å². The average molecular weight is 252 g/mol. The first kappa shape index (κ1) is 11.1. The van der Waals surface area contributed by atoms with Gasteiger partial charge in [0.1, 0.15) is 5.15 Å². The van der Waals surface area contributed by atoms with Crippen molar-refractivity contribution in [1.82, 2.24) is 4.98 Å². The second kappa shape index (κ2) is 4.64. The SMILES string of the molecule is O=C(c1ccc(Cl)cc1)c1ccc(Cl)nc1. The van der Waals surface area contributed by atoms with Gasteiger partial charge in [0.2, 0.25) is 0 Å². The van der Waals surface area contributed by atoms with Crippen LogP contribution in [0.5, 0.6) is 0 Å². The van der Waals surface area contributed by atoms with E-state index in [1.165, 1.54) is 6.20 Å². The molecule has 2 nitrogen and oxygen atoms in total. The fourth-order valence-corrected chi connectivity index (χ4v) is 1.52. The van der Waals surface area contributed by atoms with Crippen LogP contribution < -0.4 is 0 Å². The van der Waals surface area contributed by atoms with E-state index >= 15 is 0 Å². The lowest BCUT2D eigenvalue weighted by atomic mass is 10.1.